The van der Waals surface area contributed by atoms with Crippen molar-refractivity contribution in [1.82, 2.24) is 9.44 Å². The number of nitrogens with one attached hydrogen (secondary N) is 2. The van der Waals surface area contributed by atoms with E-state index in [-0.39, 0.29) is 0 Å². The topological polar surface area (TPSA) is 78.4 Å². The lowest BCUT2D eigenvalue weighted by Gasteiger charge is -2.24. The molecule has 2 atom stereocenters. The minimum absolute atomic E-state index is 0.471. The lowest BCUT2D eigenvalue weighted by atomic mass is 10.1. The van der Waals surface area contributed by atoms with Crippen LogP contribution in [-0.2, 0) is 16.6 Å². The Morgan fingerprint density at radius 1 is 1.26 bits per heavy atom. The molecular weight excluding hydrogens is 264 g/mol. The van der Waals surface area contributed by atoms with Gasteiger partial charge in [-0.05, 0) is 31.9 Å². The Kier molecular flexibility index (Phi) is 3.70. The van der Waals surface area contributed by atoms with E-state index in [1.54, 1.807) is 20.8 Å². The SMILES string of the molecule is CC(C)(C)NS(=O)(=O)N[C@@H]1c2ccccc2C[C@@H]1O. The monoisotopic (exact) mass is 284 g/mol. The standard InChI is InChI=1S/C13H20N2O3S/c1-13(2,3)15-19(17,18)14-12-10-7-5-4-6-9(10)8-11(12)16/h4-7,11-12,14-16H,8H2,1-3H3/t11-,12+/m0/s1. The molecule has 0 fully saturated rings. The van der Waals surface area contributed by atoms with Gasteiger partial charge in [0.2, 0.25) is 0 Å². The molecule has 1 aliphatic rings. The molecule has 6 heteroatoms. The van der Waals surface area contributed by atoms with Crippen LogP contribution in [0.15, 0.2) is 24.3 Å². The van der Waals surface area contributed by atoms with Gasteiger partial charge in [-0.25, -0.2) is 0 Å². The van der Waals surface area contributed by atoms with Crippen molar-refractivity contribution in [1.29, 1.82) is 0 Å². The molecule has 106 valence electrons. The minimum Gasteiger partial charge on any atom is -0.391 e. The van der Waals surface area contributed by atoms with Gasteiger partial charge < -0.3 is 5.11 Å². The molecule has 0 aromatic heterocycles. The summed E-state index contributed by atoms with van der Waals surface area (Å²) < 4.78 is 29.1. The fourth-order valence-electron chi connectivity index (χ4n) is 2.32. The third-order valence-electron chi connectivity index (χ3n) is 2.93. The number of aliphatic hydroxyl groups is 1. The molecule has 1 aliphatic carbocycles. The molecule has 0 saturated carbocycles. The molecule has 3 N–H and O–H groups in total. The summed E-state index contributed by atoms with van der Waals surface area (Å²) in [6, 6.07) is 6.89. The van der Waals surface area contributed by atoms with E-state index in [9.17, 15) is 13.5 Å². The predicted octanol–water partition coefficient (Wildman–Crippen LogP) is 0.867. The molecule has 1 aromatic carbocycles. The molecule has 0 spiro atoms. The van der Waals surface area contributed by atoms with Gasteiger partial charge in [0.15, 0.2) is 0 Å². The van der Waals surface area contributed by atoms with Crippen LogP contribution in [0.25, 0.3) is 0 Å². The Bertz CT molecular complexity index is 563. The lowest BCUT2D eigenvalue weighted by Crippen LogP contribution is -2.49. The molecule has 1 aromatic rings. The van der Waals surface area contributed by atoms with E-state index < -0.39 is 27.9 Å². The second kappa shape index (κ2) is 4.86. The first-order chi connectivity index (χ1) is 8.68. The van der Waals surface area contributed by atoms with Crippen LogP contribution in [0.2, 0.25) is 0 Å². The fourth-order valence-corrected chi connectivity index (χ4v) is 3.80. The van der Waals surface area contributed by atoms with Gasteiger partial charge in [-0.2, -0.15) is 17.9 Å². The zero-order chi connectivity index (χ0) is 14.3. The molecule has 0 radical (unpaired) electrons. The number of fused-ring (bicyclic) bond motifs is 1. The van der Waals surface area contributed by atoms with Gasteiger partial charge in [-0.15, -0.1) is 0 Å². The molecule has 0 amide bonds. The van der Waals surface area contributed by atoms with E-state index in [0.29, 0.717) is 6.42 Å². The van der Waals surface area contributed by atoms with Gasteiger partial charge >= 0.3 is 0 Å². The van der Waals surface area contributed by atoms with Crippen molar-refractivity contribution in [3.8, 4) is 0 Å². The smallest absolute Gasteiger partial charge is 0.278 e. The zero-order valence-corrected chi connectivity index (χ0v) is 12.2. The van der Waals surface area contributed by atoms with Crippen LogP contribution in [-0.4, -0.2) is 25.2 Å². The summed E-state index contributed by atoms with van der Waals surface area (Å²) in [4.78, 5) is 0. The molecule has 19 heavy (non-hydrogen) atoms. The number of benzene rings is 1. The number of aliphatic hydroxyl groups excluding tert-OH is 1. The summed E-state index contributed by atoms with van der Waals surface area (Å²) in [5, 5.41) is 10.0. The van der Waals surface area contributed by atoms with Crippen LogP contribution in [0, 0.1) is 0 Å². The van der Waals surface area contributed by atoms with E-state index in [4.69, 9.17) is 0 Å². The number of hydrogen-bond acceptors (Lipinski definition) is 3. The maximum atomic E-state index is 12.0. The van der Waals surface area contributed by atoms with Gasteiger partial charge in [-0.3, -0.25) is 0 Å². The Morgan fingerprint density at radius 2 is 1.89 bits per heavy atom. The van der Waals surface area contributed by atoms with E-state index in [1.165, 1.54) is 0 Å². The van der Waals surface area contributed by atoms with Crippen LogP contribution >= 0.6 is 0 Å². The maximum absolute atomic E-state index is 12.0. The van der Waals surface area contributed by atoms with E-state index in [1.807, 2.05) is 24.3 Å². The van der Waals surface area contributed by atoms with Gasteiger partial charge in [0, 0.05) is 12.0 Å². The van der Waals surface area contributed by atoms with Crippen LogP contribution in [0.5, 0.6) is 0 Å². The van der Waals surface area contributed by atoms with Crippen molar-refractivity contribution in [2.24, 2.45) is 0 Å². The normalized spacial score (nSPS) is 23.4. The van der Waals surface area contributed by atoms with Gasteiger partial charge in [0.1, 0.15) is 0 Å². The summed E-state index contributed by atoms with van der Waals surface area (Å²) >= 11 is 0. The van der Waals surface area contributed by atoms with Crippen molar-refractivity contribution < 1.29 is 13.5 Å². The molecule has 0 saturated heterocycles. The van der Waals surface area contributed by atoms with Crippen molar-refractivity contribution in [3.63, 3.8) is 0 Å². The summed E-state index contributed by atoms with van der Waals surface area (Å²) in [5.74, 6) is 0. The first-order valence-electron chi connectivity index (χ1n) is 6.25. The summed E-state index contributed by atoms with van der Waals surface area (Å²) in [6.07, 6.45) is -0.257. The lowest BCUT2D eigenvalue weighted by molar-refractivity contribution is 0.151. The molecule has 0 unspecified atom stereocenters. The summed E-state index contributed by atoms with van der Waals surface area (Å²) in [6.45, 7) is 5.31. The highest BCUT2D eigenvalue weighted by atomic mass is 32.2. The van der Waals surface area contributed by atoms with Crippen LogP contribution in [0.1, 0.15) is 37.9 Å². The van der Waals surface area contributed by atoms with Crippen LogP contribution in [0.3, 0.4) is 0 Å². The molecule has 2 rings (SSSR count). The number of hydrogen-bond donors (Lipinski definition) is 3. The van der Waals surface area contributed by atoms with Crippen LogP contribution in [0.4, 0.5) is 0 Å². The third-order valence-corrected chi connectivity index (χ3v) is 4.37. The highest BCUT2D eigenvalue weighted by Crippen LogP contribution is 2.31. The van der Waals surface area contributed by atoms with Crippen LogP contribution < -0.4 is 9.44 Å². The summed E-state index contributed by atoms with van der Waals surface area (Å²) in [7, 11) is -3.66. The molecule has 5 nitrogen and oxygen atoms in total. The number of rotatable bonds is 3. The Balaban J connectivity index is 2.20. The third kappa shape index (κ3) is 3.54. The first-order valence-corrected chi connectivity index (χ1v) is 7.73. The highest BCUT2D eigenvalue weighted by Gasteiger charge is 2.34. The van der Waals surface area contributed by atoms with E-state index >= 15 is 0 Å². The Hall–Kier alpha value is -0.950. The highest BCUT2D eigenvalue weighted by molar-refractivity contribution is 7.87. The van der Waals surface area contributed by atoms with E-state index in [0.717, 1.165) is 11.1 Å². The van der Waals surface area contributed by atoms with E-state index in [2.05, 4.69) is 9.44 Å². The Morgan fingerprint density at radius 3 is 2.53 bits per heavy atom. The van der Waals surface area contributed by atoms with Crippen molar-refractivity contribution >= 4 is 10.2 Å². The zero-order valence-electron chi connectivity index (χ0n) is 11.3. The second-order valence-electron chi connectivity index (χ2n) is 5.92. The molecule has 0 heterocycles. The largest absolute Gasteiger partial charge is 0.391 e. The average Bonchev–Trinajstić information content (AvgIpc) is 2.52. The minimum atomic E-state index is -3.66. The van der Waals surface area contributed by atoms with Gasteiger partial charge in [0.25, 0.3) is 10.2 Å². The summed E-state index contributed by atoms with van der Waals surface area (Å²) in [5.41, 5.74) is 1.27. The fraction of sp³-hybridized carbons (Fsp3) is 0.538. The van der Waals surface area contributed by atoms with Crippen molar-refractivity contribution in [3.05, 3.63) is 35.4 Å². The van der Waals surface area contributed by atoms with Crippen molar-refractivity contribution in [2.45, 2.75) is 44.9 Å². The Labute approximate surface area is 114 Å². The van der Waals surface area contributed by atoms with Gasteiger partial charge in [-0.1, -0.05) is 24.3 Å². The quantitative estimate of drug-likeness (QED) is 0.770. The first kappa shape index (κ1) is 14.5. The average molecular weight is 284 g/mol. The molecule has 0 aliphatic heterocycles. The maximum Gasteiger partial charge on any atom is 0.278 e. The van der Waals surface area contributed by atoms with Crippen molar-refractivity contribution in [2.75, 3.05) is 0 Å². The predicted molar refractivity (Wildman–Crippen MR) is 73.8 cm³/mol. The second-order valence-corrected chi connectivity index (χ2v) is 7.37. The molecular formula is C13H20N2O3S. The van der Waals surface area contributed by atoms with Gasteiger partial charge in [0.05, 0.1) is 12.1 Å². The molecule has 0 bridgehead atoms.